The highest BCUT2D eigenvalue weighted by Gasteiger charge is 2.26. The van der Waals surface area contributed by atoms with Crippen LogP contribution in [0.25, 0.3) is 0 Å². The zero-order valence-corrected chi connectivity index (χ0v) is 13.0. The van der Waals surface area contributed by atoms with Crippen LogP contribution in [0.4, 0.5) is 0 Å². The molecular weight excluding hydrogens is 294 g/mol. The lowest BCUT2D eigenvalue weighted by molar-refractivity contribution is 0.0527. The van der Waals surface area contributed by atoms with Gasteiger partial charge in [0.2, 0.25) is 5.88 Å². The predicted octanol–water partition coefficient (Wildman–Crippen LogP) is 2.17. The number of rotatable bonds is 4. The maximum atomic E-state index is 12.6. The number of carbonyl (C=O) groups is 1. The highest BCUT2D eigenvalue weighted by Crippen LogP contribution is 2.19. The van der Waals surface area contributed by atoms with Gasteiger partial charge in [-0.15, -0.1) is 0 Å². The highest BCUT2D eigenvalue weighted by atomic mass is 16.5. The molecule has 2 aromatic rings. The number of hydrogen-bond donors (Lipinski definition) is 0. The van der Waals surface area contributed by atoms with E-state index in [0.717, 1.165) is 25.1 Å². The molecule has 1 aliphatic heterocycles. The number of hydrogen-bond acceptors (Lipinski definition) is 5. The van der Waals surface area contributed by atoms with Gasteiger partial charge in [-0.1, -0.05) is 0 Å². The third kappa shape index (κ3) is 3.77. The van der Waals surface area contributed by atoms with Crippen molar-refractivity contribution < 1.29 is 14.3 Å². The lowest BCUT2D eigenvalue weighted by Gasteiger charge is -2.32. The molecule has 1 saturated heterocycles. The summed E-state index contributed by atoms with van der Waals surface area (Å²) in [5.74, 6) is 1.25. The molecule has 1 fully saturated rings. The summed E-state index contributed by atoms with van der Waals surface area (Å²) in [6, 6.07) is 7.16. The first-order valence-electron chi connectivity index (χ1n) is 7.62. The molecule has 0 spiro atoms. The third-order valence-electron chi connectivity index (χ3n) is 3.83. The van der Waals surface area contributed by atoms with E-state index in [0.29, 0.717) is 18.0 Å². The predicted molar refractivity (Wildman–Crippen MR) is 84.6 cm³/mol. The molecule has 3 rings (SSSR count). The van der Waals surface area contributed by atoms with Crippen molar-refractivity contribution in [3.8, 4) is 11.6 Å². The number of piperidine rings is 1. The van der Waals surface area contributed by atoms with E-state index in [1.54, 1.807) is 50.0 Å². The smallest absolute Gasteiger partial charge is 0.253 e. The number of methoxy groups -OCH3 is 1. The summed E-state index contributed by atoms with van der Waals surface area (Å²) in [6.07, 6.45) is 6.55. The Kier molecular flexibility index (Phi) is 4.71. The van der Waals surface area contributed by atoms with Crippen LogP contribution in [0.3, 0.4) is 0 Å². The average Bonchev–Trinajstić information content (AvgIpc) is 2.62. The molecule has 120 valence electrons. The van der Waals surface area contributed by atoms with Crippen molar-refractivity contribution in [1.29, 1.82) is 0 Å². The Morgan fingerprint density at radius 3 is 2.78 bits per heavy atom. The van der Waals surface area contributed by atoms with Gasteiger partial charge < -0.3 is 14.4 Å². The zero-order chi connectivity index (χ0) is 16.1. The van der Waals surface area contributed by atoms with E-state index < -0.39 is 0 Å². The van der Waals surface area contributed by atoms with E-state index in [9.17, 15) is 4.79 Å². The van der Waals surface area contributed by atoms with Crippen molar-refractivity contribution in [2.45, 2.75) is 18.9 Å². The lowest BCUT2D eigenvalue weighted by atomic mass is 10.1. The molecule has 0 saturated carbocycles. The molecular formula is C17H19N3O3. The van der Waals surface area contributed by atoms with Gasteiger partial charge >= 0.3 is 0 Å². The Morgan fingerprint density at radius 2 is 2.09 bits per heavy atom. The molecule has 23 heavy (non-hydrogen) atoms. The molecule has 1 aromatic carbocycles. The van der Waals surface area contributed by atoms with Crippen LogP contribution in [0, 0.1) is 0 Å². The van der Waals surface area contributed by atoms with E-state index in [2.05, 4.69) is 9.97 Å². The fraction of sp³-hybridized carbons (Fsp3) is 0.353. The summed E-state index contributed by atoms with van der Waals surface area (Å²) in [5, 5.41) is 0. The van der Waals surface area contributed by atoms with Crippen LogP contribution in [0.15, 0.2) is 42.9 Å². The monoisotopic (exact) mass is 313 g/mol. The first-order valence-corrected chi connectivity index (χ1v) is 7.62. The number of nitrogens with zero attached hydrogens (tertiary/aromatic N) is 3. The van der Waals surface area contributed by atoms with E-state index >= 15 is 0 Å². The number of amides is 1. The van der Waals surface area contributed by atoms with Crippen LogP contribution in [0.5, 0.6) is 11.6 Å². The average molecular weight is 313 g/mol. The van der Waals surface area contributed by atoms with Gasteiger partial charge in [0.15, 0.2) is 0 Å². The maximum Gasteiger partial charge on any atom is 0.253 e. The number of aromatic nitrogens is 2. The van der Waals surface area contributed by atoms with Crippen LogP contribution in [-0.4, -0.2) is 47.1 Å². The zero-order valence-electron chi connectivity index (χ0n) is 13.0. The van der Waals surface area contributed by atoms with Crippen LogP contribution in [0.1, 0.15) is 23.2 Å². The van der Waals surface area contributed by atoms with Crippen molar-refractivity contribution in [1.82, 2.24) is 14.9 Å². The van der Waals surface area contributed by atoms with Gasteiger partial charge in [-0.3, -0.25) is 9.78 Å². The number of carbonyl (C=O) groups excluding carboxylic acids is 1. The first-order chi connectivity index (χ1) is 11.3. The van der Waals surface area contributed by atoms with Crippen molar-refractivity contribution in [3.05, 3.63) is 48.4 Å². The first kappa shape index (κ1) is 15.3. The second-order valence-electron chi connectivity index (χ2n) is 5.41. The SMILES string of the molecule is COc1ccc(C(=O)N2CCCC(Oc3cnccn3)C2)cc1. The quantitative estimate of drug-likeness (QED) is 0.865. The summed E-state index contributed by atoms with van der Waals surface area (Å²) >= 11 is 0. The van der Waals surface area contributed by atoms with Gasteiger partial charge in [0, 0.05) is 24.5 Å². The van der Waals surface area contributed by atoms with Gasteiger partial charge in [0.25, 0.3) is 5.91 Å². The minimum Gasteiger partial charge on any atom is -0.497 e. The molecule has 1 aliphatic rings. The standard InChI is InChI=1S/C17H19N3O3/c1-22-14-6-4-13(5-7-14)17(21)20-10-2-3-15(12-20)23-16-11-18-8-9-19-16/h4-9,11,15H,2-3,10,12H2,1H3. The fourth-order valence-corrected chi connectivity index (χ4v) is 2.65. The van der Waals surface area contributed by atoms with Gasteiger partial charge in [-0.05, 0) is 37.1 Å². The molecule has 1 unspecified atom stereocenters. The van der Waals surface area contributed by atoms with Crippen molar-refractivity contribution in [2.24, 2.45) is 0 Å². The highest BCUT2D eigenvalue weighted by molar-refractivity contribution is 5.94. The summed E-state index contributed by atoms with van der Waals surface area (Å²) in [7, 11) is 1.61. The summed E-state index contributed by atoms with van der Waals surface area (Å²) < 4.78 is 10.9. The van der Waals surface area contributed by atoms with Crippen LogP contribution in [0.2, 0.25) is 0 Å². The number of ether oxygens (including phenoxy) is 2. The fourth-order valence-electron chi connectivity index (χ4n) is 2.65. The Morgan fingerprint density at radius 1 is 1.26 bits per heavy atom. The Hall–Kier alpha value is -2.63. The maximum absolute atomic E-state index is 12.6. The molecule has 1 aromatic heterocycles. The molecule has 6 heteroatoms. The minimum absolute atomic E-state index is 0.0140. The lowest BCUT2D eigenvalue weighted by Crippen LogP contribution is -2.44. The molecule has 0 bridgehead atoms. The van der Waals surface area contributed by atoms with Gasteiger partial charge in [-0.2, -0.15) is 0 Å². The normalized spacial score (nSPS) is 17.6. The summed E-state index contributed by atoms with van der Waals surface area (Å²) in [4.78, 5) is 22.5. The van der Waals surface area contributed by atoms with Gasteiger partial charge in [0.05, 0.1) is 19.9 Å². The molecule has 1 atom stereocenters. The second kappa shape index (κ2) is 7.09. The van der Waals surface area contributed by atoms with Gasteiger partial charge in [-0.25, -0.2) is 4.98 Å². The number of likely N-dealkylation sites (tertiary alicyclic amines) is 1. The largest absolute Gasteiger partial charge is 0.497 e. The van der Waals surface area contributed by atoms with Crippen molar-refractivity contribution >= 4 is 5.91 Å². The Bertz CT molecular complexity index is 646. The van der Waals surface area contributed by atoms with E-state index in [1.165, 1.54) is 0 Å². The molecule has 2 heterocycles. The van der Waals surface area contributed by atoms with E-state index in [4.69, 9.17) is 9.47 Å². The summed E-state index contributed by atoms with van der Waals surface area (Å²) in [6.45, 7) is 1.30. The molecule has 0 N–H and O–H groups in total. The van der Waals surface area contributed by atoms with Crippen LogP contribution < -0.4 is 9.47 Å². The van der Waals surface area contributed by atoms with Crippen molar-refractivity contribution in [3.63, 3.8) is 0 Å². The minimum atomic E-state index is -0.0531. The topological polar surface area (TPSA) is 64.5 Å². The van der Waals surface area contributed by atoms with Crippen molar-refractivity contribution in [2.75, 3.05) is 20.2 Å². The Labute approximate surface area is 135 Å². The van der Waals surface area contributed by atoms with Crippen LogP contribution >= 0.6 is 0 Å². The van der Waals surface area contributed by atoms with E-state index in [1.807, 2.05) is 4.90 Å². The van der Waals surface area contributed by atoms with Gasteiger partial charge in [0.1, 0.15) is 11.9 Å². The molecule has 0 radical (unpaired) electrons. The van der Waals surface area contributed by atoms with E-state index in [-0.39, 0.29) is 12.0 Å². The number of benzene rings is 1. The molecule has 0 aliphatic carbocycles. The molecule has 1 amide bonds. The van der Waals surface area contributed by atoms with Crippen LogP contribution in [-0.2, 0) is 0 Å². The summed E-state index contributed by atoms with van der Waals surface area (Å²) in [5.41, 5.74) is 0.658. The third-order valence-corrected chi connectivity index (χ3v) is 3.83. The molecule has 6 nitrogen and oxygen atoms in total. The Balaban J connectivity index is 1.64. The second-order valence-corrected chi connectivity index (χ2v) is 5.41.